The molecule has 0 atom stereocenters. The van der Waals surface area contributed by atoms with E-state index >= 15 is 0 Å². The number of rotatable bonds is 7. The Hall–Kier alpha value is -3.15. The molecule has 0 spiro atoms. The first kappa shape index (κ1) is 20.1. The van der Waals surface area contributed by atoms with Crippen molar-refractivity contribution in [1.29, 1.82) is 0 Å². The van der Waals surface area contributed by atoms with Gasteiger partial charge in [0.15, 0.2) is 0 Å². The summed E-state index contributed by atoms with van der Waals surface area (Å²) in [5, 5.41) is 26.3. The number of oxime groups is 1. The van der Waals surface area contributed by atoms with Gasteiger partial charge in [0.1, 0.15) is 11.4 Å². The minimum atomic E-state index is 0.0165. The van der Waals surface area contributed by atoms with Gasteiger partial charge < -0.3 is 15.6 Å². The number of anilines is 1. The molecule has 2 heterocycles. The molecule has 1 aliphatic carbocycles. The Morgan fingerprint density at radius 2 is 1.97 bits per heavy atom. The number of benzene rings is 1. The SMILES string of the molecule is Cc1ccc2nc3c(c(NCCCCc4ccc(O)c(/C=N/O)n4)c2c1)CCCC3. The largest absolute Gasteiger partial charge is 0.506 e. The van der Waals surface area contributed by atoms with Crippen molar-refractivity contribution in [3.63, 3.8) is 0 Å². The molecule has 4 rings (SSSR count). The van der Waals surface area contributed by atoms with Gasteiger partial charge in [0.25, 0.3) is 0 Å². The monoisotopic (exact) mass is 404 g/mol. The van der Waals surface area contributed by atoms with E-state index in [1.54, 1.807) is 6.07 Å². The van der Waals surface area contributed by atoms with Crippen LogP contribution in [-0.4, -0.2) is 33.0 Å². The lowest BCUT2D eigenvalue weighted by atomic mass is 9.92. The first-order valence-corrected chi connectivity index (χ1v) is 10.7. The summed E-state index contributed by atoms with van der Waals surface area (Å²) in [6, 6.07) is 9.91. The van der Waals surface area contributed by atoms with Gasteiger partial charge in [-0.3, -0.25) is 4.98 Å². The number of pyridine rings is 2. The zero-order valence-corrected chi connectivity index (χ0v) is 17.4. The van der Waals surface area contributed by atoms with Crippen molar-refractivity contribution in [2.75, 3.05) is 11.9 Å². The highest BCUT2D eigenvalue weighted by atomic mass is 16.4. The van der Waals surface area contributed by atoms with Crippen molar-refractivity contribution in [3.8, 4) is 5.75 Å². The van der Waals surface area contributed by atoms with Crippen molar-refractivity contribution < 1.29 is 10.3 Å². The van der Waals surface area contributed by atoms with Gasteiger partial charge in [-0.05, 0) is 81.7 Å². The van der Waals surface area contributed by atoms with Crippen LogP contribution in [0.25, 0.3) is 10.9 Å². The van der Waals surface area contributed by atoms with E-state index in [1.165, 1.54) is 40.7 Å². The molecule has 156 valence electrons. The van der Waals surface area contributed by atoms with Crippen molar-refractivity contribution in [2.24, 2.45) is 5.16 Å². The van der Waals surface area contributed by atoms with Gasteiger partial charge in [-0.2, -0.15) is 0 Å². The number of hydrogen-bond donors (Lipinski definition) is 3. The van der Waals surface area contributed by atoms with Gasteiger partial charge in [-0.15, -0.1) is 0 Å². The van der Waals surface area contributed by atoms with Crippen LogP contribution in [0.1, 0.15) is 53.9 Å². The molecular weight excluding hydrogens is 376 g/mol. The molecule has 1 aliphatic rings. The fraction of sp³-hybridized carbons (Fsp3) is 0.375. The van der Waals surface area contributed by atoms with Crippen molar-refractivity contribution in [1.82, 2.24) is 9.97 Å². The lowest BCUT2D eigenvalue weighted by Crippen LogP contribution is -2.12. The molecule has 3 aromatic rings. The third-order valence-electron chi connectivity index (χ3n) is 5.72. The van der Waals surface area contributed by atoms with Gasteiger partial charge in [0, 0.05) is 29.0 Å². The molecule has 30 heavy (non-hydrogen) atoms. The number of nitrogens with one attached hydrogen (secondary N) is 1. The van der Waals surface area contributed by atoms with Crippen LogP contribution in [0, 0.1) is 6.92 Å². The summed E-state index contributed by atoms with van der Waals surface area (Å²) in [5.74, 6) is 0.0165. The minimum absolute atomic E-state index is 0.0165. The number of hydrogen-bond acceptors (Lipinski definition) is 6. The fourth-order valence-corrected chi connectivity index (χ4v) is 4.18. The summed E-state index contributed by atoms with van der Waals surface area (Å²) < 4.78 is 0. The molecule has 0 amide bonds. The van der Waals surface area contributed by atoms with Gasteiger partial charge >= 0.3 is 0 Å². The zero-order valence-electron chi connectivity index (χ0n) is 17.4. The lowest BCUT2D eigenvalue weighted by Gasteiger charge is -2.22. The first-order chi connectivity index (χ1) is 14.7. The number of aromatic nitrogens is 2. The molecule has 0 aliphatic heterocycles. The van der Waals surface area contributed by atoms with Crippen LogP contribution < -0.4 is 5.32 Å². The molecule has 1 aromatic carbocycles. The Balaban J connectivity index is 1.43. The summed E-state index contributed by atoms with van der Waals surface area (Å²) in [5.41, 5.74) is 7.42. The van der Waals surface area contributed by atoms with Gasteiger partial charge in [-0.1, -0.05) is 16.8 Å². The average Bonchev–Trinajstić information content (AvgIpc) is 2.75. The van der Waals surface area contributed by atoms with Gasteiger partial charge in [-0.25, -0.2) is 4.98 Å². The zero-order chi connectivity index (χ0) is 20.9. The number of fused-ring (bicyclic) bond motifs is 2. The first-order valence-electron chi connectivity index (χ1n) is 10.7. The molecule has 0 saturated carbocycles. The number of unbranched alkanes of at least 4 members (excludes halogenated alkanes) is 1. The van der Waals surface area contributed by atoms with Crippen LogP contribution in [-0.2, 0) is 19.3 Å². The van der Waals surface area contributed by atoms with E-state index in [1.807, 2.05) is 6.07 Å². The van der Waals surface area contributed by atoms with Crippen LogP contribution in [0.2, 0.25) is 0 Å². The summed E-state index contributed by atoms with van der Waals surface area (Å²) in [6.45, 7) is 3.02. The van der Waals surface area contributed by atoms with E-state index < -0.39 is 0 Å². The van der Waals surface area contributed by atoms with Crippen molar-refractivity contribution in [3.05, 3.63) is 58.5 Å². The van der Waals surface area contributed by atoms with E-state index in [9.17, 15) is 5.11 Å². The second-order valence-corrected chi connectivity index (χ2v) is 7.98. The Morgan fingerprint density at radius 1 is 1.10 bits per heavy atom. The predicted molar refractivity (Wildman–Crippen MR) is 120 cm³/mol. The third-order valence-corrected chi connectivity index (χ3v) is 5.72. The third kappa shape index (κ3) is 4.37. The predicted octanol–water partition coefficient (Wildman–Crippen LogP) is 4.77. The van der Waals surface area contributed by atoms with E-state index in [4.69, 9.17) is 10.2 Å². The second kappa shape index (κ2) is 9.11. The maximum absolute atomic E-state index is 9.72. The van der Waals surface area contributed by atoms with E-state index in [2.05, 4.69) is 40.6 Å². The molecule has 0 saturated heterocycles. The molecule has 3 N–H and O–H groups in total. The highest BCUT2D eigenvalue weighted by Crippen LogP contribution is 2.33. The lowest BCUT2D eigenvalue weighted by molar-refractivity contribution is 0.321. The van der Waals surface area contributed by atoms with Crippen LogP contribution in [0.3, 0.4) is 0 Å². The van der Waals surface area contributed by atoms with E-state index in [0.29, 0.717) is 5.69 Å². The summed E-state index contributed by atoms with van der Waals surface area (Å²) in [4.78, 5) is 9.27. The Morgan fingerprint density at radius 3 is 2.83 bits per heavy atom. The number of nitrogens with zero attached hydrogens (tertiary/aromatic N) is 3. The average molecular weight is 405 g/mol. The number of aryl methyl sites for hydroxylation is 3. The second-order valence-electron chi connectivity index (χ2n) is 7.98. The Kier molecular flexibility index (Phi) is 6.12. The molecular formula is C24H28N4O2. The molecule has 0 radical (unpaired) electrons. The highest BCUT2D eigenvalue weighted by Gasteiger charge is 2.18. The molecule has 0 fully saturated rings. The molecule has 0 unspecified atom stereocenters. The highest BCUT2D eigenvalue weighted by molar-refractivity contribution is 5.94. The topological polar surface area (TPSA) is 90.6 Å². The summed E-state index contributed by atoms with van der Waals surface area (Å²) >= 11 is 0. The Bertz CT molecular complexity index is 1080. The molecule has 6 heteroatoms. The van der Waals surface area contributed by atoms with Gasteiger partial charge in [0.05, 0.1) is 11.7 Å². The standard InChI is InChI=1S/C24H28N4O2/c1-16-9-11-21-19(14-16)24(18-7-2-3-8-20(18)28-21)25-13-5-4-6-17-10-12-23(29)22(27-17)15-26-30/h9-12,14-15,29-30H,2-8,13H2,1H3,(H,25,28)/b26-15+. The number of aromatic hydroxyl groups is 1. The molecule has 0 bridgehead atoms. The maximum Gasteiger partial charge on any atom is 0.142 e. The van der Waals surface area contributed by atoms with Crippen LogP contribution in [0.5, 0.6) is 5.75 Å². The summed E-state index contributed by atoms with van der Waals surface area (Å²) in [7, 11) is 0. The smallest absolute Gasteiger partial charge is 0.142 e. The van der Waals surface area contributed by atoms with E-state index in [0.717, 1.165) is 56.1 Å². The van der Waals surface area contributed by atoms with Crippen molar-refractivity contribution in [2.45, 2.75) is 51.9 Å². The maximum atomic E-state index is 9.72. The summed E-state index contributed by atoms with van der Waals surface area (Å²) in [6.07, 6.45) is 8.57. The minimum Gasteiger partial charge on any atom is -0.506 e. The molecule has 6 nitrogen and oxygen atoms in total. The molecule has 2 aromatic heterocycles. The normalized spacial score (nSPS) is 13.6. The van der Waals surface area contributed by atoms with Gasteiger partial charge in [0.2, 0.25) is 0 Å². The quantitative estimate of drug-likeness (QED) is 0.228. The fourth-order valence-electron chi connectivity index (χ4n) is 4.18. The van der Waals surface area contributed by atoms with Crippen LogP contribution in [0.4, 0.5) is 5.69 Å². The van der Waals surface area contributed by atoms with Crippen molar-refractivity contribution >= 4 is 22.8 Å². The Labute approximate surface area is 176 Å². The van der Waals surface area contributed by atoms with E-state index in [-0.39, 0.29) is 5.75 Å². The van der Waals surface area contributed by atoms with Crippen LogP contribution >= 0.6 is 0 Å². The van der Waals surface area contributed by atoms with Crippen LogP contribution in [0.15, 0.2) is 35.5 Å².